The lowest BCUT2D eigenvalue weighted by atomic mass is 9.83. The van der Waals surface area contributed by atoms with E-state index in [0.29, 0.717) is 56.3 Å². The van der Waals surface area contributed by atoms with Crippen molar-refractivity contribution in [1.82, 2.24) is 14.8 Å². The van der Waals surface area contributed by atoms with Crippen LogP contribution in [0.3, 0.4) is 0 Å². The summed E-state index contributed by atoms with van der Waals surface area (Å²) in [6.07, 6.45) is 6.40. The topological polar surface area (TPSA) is 126 Å². The number of ether oxygens (including phenoxy) is 2. The van der Waals surface area contributed by atoms with E-state index in [0.717, 1.165) is 18.4 Å². The van der Waals surface area contributed by atoms with Gasteiger partial charge in [0, 0.05) is 44.6 Å². The molecule has 2 aliphatic heterocycles. The Morgan fingerprint density at radius 1 is 1.19 bits per heavy atom. The minimum absolute atomic E-state index is 0.0195. The van der Waals surface area contributed by atoms with Gasteiger partial charge in [0.05, 0.1) is 18.7 Å². The molecule has 0 aliphatic carbocycles. The number of carbonyl (C=O) groups is 2. The maximum absolute atomic E-state index is 13.4. The van der Waals surface area contributed by atoms with Gasteiger partial charge in [0.25, 0.3) is 0 Å². The zero-order valence-electron chi connectivity index (χ0n) is 20.7. The predicted molar refractivity (Wildman–Crippen MR) is 130 cm³/mol. The number of hydrogen-bond acceptors (Lipinski definition) is 8. The first kappa shape index (κ1) is 26.0. The summed E-state index contributed by atoms with van der Waals surface area (Å²) in [6, 6.07) is 5.18. The highest BCUT2D eigenvalue weighted by Crippen LogP contribution is 2.43. The number of amides is 1. The average molecular weight is 502 g/mol. The molecule has 1 amide bonds. The second kappa shape index (κ2) is 12.2. The number of carbonyl (C=O) groups excluding carboxylic acids is 1. The van der Waals surface area contributed by atoms with Crippen LogP contribution in [0.2, 0.25) is 0 Å². The number of nitrogens with zero attached hydrogens (tertiary/aromatic N) is 3. The van der Waals surface area contributed by atoms with E-state index in [1.54, 1.807) is 11.1 Å². The Morgan fingerprint density at radius 3 is 2.72 bits per heavy atom. The minimum Gasteiger partial charge on any atom is -0.481 e. The molecule has 10 nitrogen and oxygen atoms in total. The third-order valence-electron chi connectivity index (χ3n) is 7.05. The molecule has 0 spiro atoms. The van der Waals surface area contributed by atoms with Crippen LogP contribution >= 0.6 is 0 Å². The summed E-state index contributed by atoms with van der Waals surface area (Å²) in [6.45, 7) is 3.90. The van der Waals surface area contributed by atoms with Crippen molar-refractivity contribution in [2.75, 3.05) is 39.6 Å². The largest absolute Gasteiger partial charge is 0.481 e. The highest BCUT2D eigenvalue weighted by Gasteiger charge is 2.47. The van der Waals surface area contributed by atoms with Gasteiger partial charge in [-0.2, -0.15) is 0 Å². The van der Waals surface area contributed by atoms with Crippen molar-refractivity contribution < 1.29 is 33.7 Å². The van der Waals surface area contributed by atoms with Gasteiger partial charge in [-0.05, 0) is 37.0 Å². The fourth-order valence-electron chi connectivity index (χ4n) is 5.23. The summed E-state index contributed by atoms with van der Waals surface area (Å²) in [5.41, 5.74) is 0.853. The summed E-state index contributed by atoms with van der Waals surface area (Å²) < 4.78 is 16.3. The third-order valence-corrected chi connectivity index (χ3v) is 7.05. The maximum atomic E-state index is 13.4. The van der Waals surface area contributed by atoms with Crippen LogP contribution in [0.5, 0.6) is 11.5 Å². The number of aryl methyl sites for hydroxylation is 1. The Bertz CT molecular complexity index is 1000. The highest BCUT2D eigenvalue weighted by atomic mass is 16.7. The molecule has 0 unspecified atom stereocenters. The number of oxazole rings is 1. The van der Waals surface area contributed by atoms with Crippen LogP contribution < -0.4 is 9.47 Å². The number of aliphatic hydroxyl groups excluding tert-OH is 1. The number of unbranched alkanes of at least 4 members (excludes halogenated alkanes) is 1. The van der Waals surface area contributed by atoms with Crippen LogP contribution in [0, 0.1) is 5.92 Å². The first-order chi connectivity index (χ1) is 17.5. The van der Waals surface area contributed by atoms with Crippen molar-refractivity contribution in [1.29, 1.82) is 0 Å². The summed E-state index contributed by atoms with van der Waals surface area (Å²) in [5.74, 6) is -0.176. The van der Waals surface area contributed by atoms with Crippen LogP contribution in [0.25, 0.3) is 0 Å². The van der Waals surface area contributed by atoms with E-state index in [1.807, 2.05) is 23.1 Å². The van der Waals surface area contributed by atoms with E-state index >= 15 is 0 Å². The molecule has 1 fully saturated rings. The van der Waals surface area contributed by atoms with Crippen LogP contribution in [0.15, 0.2) is 35.1 Å². The summed E-state index contributed by atoms with van der Waals surface area (Å²) in [5, 5.41) is 19.6. The van der Waals surface area contributed by atoms with E-state index in [2.05, 4.69) is 11.9 Å². The Kier molecular flexibility index (Phi) is 8.82. The van der Waals surface area contributed by atoms with Crippen molar-refractivity contribution in [3.63, 3.8) is 0 Å². The molecule has 0 bridgehead atoms. The molecule has 196 valence electrons. The molecule has 2 aromatic rings. The molecule has 3 heterocycles. The molecule has 3 atom stereocenters. The van der Waals surface area contributed by atoms with Crippen molar-refractivity contribution in [2.24, 2.45) is 5.92 Å². The van der Waals surface area contributed by atoms with Crippen LogP contribution in [-0.4, -0.2) is 82.5 Å². The van der Waals surface area contributed by atoms with Gasteiger partial charge in [-0.15, -0.1) is 0 Å². The smallest absolute Gasteiger partial charge is 0.308 e. The van der Waals surface area contributed by atoms with Gasteiger partial charge in [-0.25, -0.2) is 4.98 Å². The van der Waals surface area contributed by atoms with Crippen LogP contribution in [0.1, 0.15) is 50.0 Å². The highest BCUT2D eigenvalue weighted by molar-refractivity contribution is 5.79. The van der Waals surface area contributed by atoms with Crippen molar-refractivity contribution in [2.45, 2.75) is 51.0 Å². The zero-order chi connectivity index (χ0) is 25.5. The number of aliphatic carboxylic acids is 1. The van der Waals surface area contributed by atoms with Gasteiger partial charge in [0.15, 0.2) is 17.4 Å². The number of aliphatic hydroxyl groups is 1. The quantitative estimate of drug-likeness (QED) is 0.426. The first-order valence-electron chi connectivity index (χ1n) is 12.6. The van der Waals surface area contributed by atoms with Gasteiger partial charge in [0.1, 0.15) is 6.26 Å². The first-order valence-corrected chi connectivity index (χ1v) is 12.6. The van der Waals surface area contributed by atoms with Gasteiger partial charge in [0.2, 0.25) is 12.7 Å². The molecular weight excluding hydrogens is 466 g/mol. The Hall–Kier alpha value is -3.11. The molecule has 10 heteroatoms. The number of hydrogen-bond donors (Lipinski definition) is 2. The van der Waals surface area contributed by atoms with E-state index in [-0.39, 0.29) is 37.8 Å². The number of aromatic nitrogens is 1. The Morgan fingerprint density at radius 2 is 2.00 bits per heavy atom. The van der Waals surface area contributed by atoms with E-state index < -0.39 is 11.9 Å². The van der Waals surface area contributed by atoms with Crippen molar-refractivity contribution in [3.05, 3.63) is 42.1 Å². The second-order valence-electron chi connectivity index (χ2n) is 9.36. The molecule has 1 aromatic heterocycles. The number of likely N-dealkylation sites (tertiary alicyclic amines) is 1. The summed E-state index contributed by atoms with van der Waals surface area (Å²) >= 11 is 0. The molecule has 0 saturated carbocycles. The Balaban J connectivity index is 1.58. The normalized spacial score (nSPS) is 21.1. The number of rotatable bonds is 13. The molecule has 1 saturated heterocycles. The average Bonchev–Trinajstić information content (AvgIpc) is 3.62. The molecule has 2 aliphatic rings. The van der Waals surface area contributed by atoms with Gasteiger partial charge in [-0.3, -0.25) is 14.5 Å². The lowest BCUT2D eigenvalue weighted by Crippen LogP contribution is -2.45. The second-order valence-corrected chi connectivity index (χ2v) is 9.36. The van der Waals surface area contributed by atoms with E-state index in [1.165, 1.54) is 6.26 Å². The Labute approximate surface area is 210 Å². The van der Waals surface area contributed by atoms with Crippen molar-refractivity contribution in [3.8, 4) is 11.5 Å². The molecule has 1 aromatic carbocycles. The zero-order valence-corrected chi connectivity index (χ0v) is 20.7. The van der Waals surface area contributed by atoms with Gasteiger partial charge >= 0.3 is 5.97 Å². The SMILES string of the molecule is CCCCN(CCCO)C(=O)CN1C[C@H](c2ccc3c(c2)OCO3)[C@@H](C(=O)O)[C@@H]1CCc1ncco1. The standard InChI is InChI=1S/C26H35N3O7/c1-2-3-10-28(11-4-12-30)24(31)16-29-15-19(18-5-7-21-22(14-18)36-17-35-21)25(26(32)33)20(29)6-8-23-27-9-13-34-23/h5,7,9,13-14,19-20,25,30H,2-4,6,8,10-12,15-17H2,1H3,(H,32,33)/t19-,20+,25-/m1/s1. The maximum Gasteiger partial charge on any atom is 0.308 e. The number of carboxylic acid groups (broad SMARTS) is 1. The molecular formula is C26H35N3O7. The summed E-state index contributed by atoms with van der Waals surface area (Å²) in [4.78, 5) is 33.9. The van der Waals surface area contributed by atoms with Gasteiger partial charge < -0.3 is 29.0 Å². The predicted octanol–water partition coefficient (Wildman–Crippen LogP) is 2.52. The lowest BCUT2D eigenvalue weighted by molar-refractivity contribution is -0.144. The molecule has 36 heavy (non-hydrogen) atoms. The fraction of sp³-hybridized carbons (Fsp3) is 0.577. The molecule has 0 radical (unpaired) electrons. The van der Waals surface area contributed by atoms with Gasteiger partial charge in [-0.1, -0.05) is 19.4 Å². The molecule has 2 N–H and O–H groups in total. The summed E-state index contributed by atoms with van der Waals surface area (Å²) in [7, 11) is 0. The monoisotopic (exact) mass is 501 g/mol. The van der Waals surface area contributed by atoms with E-state index in [4.69, 9.17) is 13.9 Å². The lowest BCUT2D eigenvalue weighted by Gasteiger charge is -2.29. The van der Waals surface area contributed by atoms with Crippen LogP contribution in [0.4, 0.5) is 0 Å². The third kappa shape index (κ3) is 5.99. The minimum atomic E-state index is -0.895. The number of fused-ring (bicyclic) bond motifs is 1. The molecule has 4 rings (SSSR count). The number of carboxylic acids is 1. The number of benzene rings is 1. The van der Waals surface area contributed by atoms with E-state index in [9.17, 15) is 19.8 Å². The van der Waals surface area contributed by atoms with Crippen LogP contribution in [-0.2, 0) is 16.0 Å². The van der Waals surface area contributed by atoms with Crippen molar-refractivity contribution >= 4 is 11.9 Å². The fourth-order valence-corrected chi connectivity index (χ4v) is 5.23.